The van der Waals surface area contributed by atoms with E-state index in [0.717, 1.165) is 12.6 Å². The van der Waals surface area contributed by atoms with Crippen LogP contribution >= 0.6 is 11.6 Å². The average molecular weight is 462 g/mol. The summed E-state index contributed by atoms with van der Waals surface area (Å²) in [4.78, 5) is 19.1. The summed E-state index contributed by atoms with van der Waals surface area (Å²) >= 11 is 6.29. The summed E-state index contributed by atoms with van der Waals surface area (Å²) in [6.07, 6.45) is 0.972. The number of hydrogen-bond donors (Lipinski definition) is 2. The Morgan fingerprint density at radius 3 is 2.66 bits per heavy atom. The van der Waals surface area contributed by atoms with Gasteiger partial charge in [0.2, 0.25) is 0 Å². The second-order valence-corrected chi connectivity index (χ2v) is 8.20. The highest BCUT2D eigenvalue weighted by atomic mass is 35.5. The van der Waals surface area contributed by atoms with Crippen LogP contribution in [0.4, 0.5) is 8.78 Å². The third kappa shape index (κ3) is 5.41. The number of likely N-dealkylation sites (N-methyl/N-ethyl adjacent to an activating group) is 1. The Morgan fingerprint density at radius 1 is 1.25 bits per heavy atom. The first-order valence-corrected chi connectivity index (χ1v) is 10.8. The number of halogens is 3. The number of aliphatic hydroxyl groups is 1. The molecule has 0 fully saturated rings. The van der Waals surface area contributed by atoms with Gasteiger partial charge in [-0.25, -0.2) is 8.78 Å². The van der Waals surface area contributed by atoms with Crippen molar-refractivity contribution in [3.05, 3.63) is 64.3 Å². The molecular formula is C24H26ClF2N3O2. The fraction of sp³-hybridized carbons (Fsp3) is 0.333. The predicted molar refractivity (Wildman–Crippen MR) is 123 cm³/mol. The standard InChI is InChI=1S/C24H26ClF2N3O2/c1-4-30(13-15(3)31)8-7-28-24(32)16-5-6-18-19(10-16)23(29-12-20(18)25)22-14(2)9-17(26)11-21(22)27/h5-6,9-12,15,31H,4,7-8,13H2,1-3H3,(H,28,32). The summed E-state index contributed by atoms with van der Waals surface area (Å²) in [5.74, 6) is -1.69. The molecule has 1 aromatic heterocycles. The molecule has 0 saturated heterocycles. The number of pyridine rings is 1. The van der Waals surface area contributed by atoms with Crippen LogP contribution in [-0.4, -0.2) is 53.2 Å². The van der Waals surface area contributed by atoms with Gasteiger partial charge in [0.15, 0.2) is 0 Å². The molecule has 1 amide bonds. The van der Waals surface area contributed by atoms with E-state index in [0.29, 0.717) is 52.3 Å². The number of aromatic nitrogens is 1. The molecule has 0 spiro atoms. The molecule has 5 nitrogen and oxygen atoms in total. The van der Waals surface area contributed by atoms with E-state index in [-0.39, 0.29) is 11.5 Å². The van der Waals surface area contributed by atoms with Crippen LogP contribution < -0.4 is 5.32 Å². The summed E-state index contributed by atoms with van der Waals surface area (Å²) in [6.45, 7) is 7.60. The maximum Gasteiger partial charge on any atom is 0.251 e. The molecule has 0 aliphatic heterocycles. The lowest BCUT2D eigenvalue weighted by Crippen LogP contribution is -2.38. The van der Waals surface area contributed by atoms with Gasteiger partial charge < -0.3 is 10.4 Å². The molecular weight excluding hydrogens is 436 g/mol. The number of nitrogens with one attached hydrogen (secondary N) is 1. The Balaban J connectivity index is 1.91. The lowest BCUT2D eigenvalue weighted by molar-refractivity contribution is 0.0941. The van der Waals surface area contributed by atoms with E-state index in [1.807, 2.05) is 11.8 Å². The zero-order valence-corrected chi connectivity index (χ0v) is 19.0. The van der Waals surface area contributed by atoms with Crippen molar-refractivity contribution in [1.82, 2.24) is 15.2 Å². The molecule has 0 radical (unpaired) electrons. The number of fused-ring (bicyclic) bond motifs is 1. The number of amides is 1. The van der Waals surface area contributed by atoms with Gasteiger partial charge in [0.05, 0.1) is 16.8 Å². The van der Waals surface area contributed by atoms with Crippen LogP contribution in [-0.2, 0) is 0 Å². The smallest absolute Gasteiger partial charge is 0.251 e. The van der Waals surface area contributed by atoms with E-state index < -0.39 is 17.7 Å². The number of carbonyl (C=O) groups excluding carboxylic acids is 1. The highest BCUT2D eigenvalue weighted by Crippen LogP contribution is 2.35. The largest absolute Gasteiger partial charge is 0.392 e. The van der Waals surface area contributed by atoms with Gasteiger partial charge in [-0.05, 0) is 44.2 Å². The van der Waals surface area contributed by atoms with E-state index in [9.17, 15) is 18.7 Å². The molecule has 32 heavy (non-hydrogen) atoms. The van der Waals surface area contributed by atoms with E-state index in [1.165, 1.54) is 12.3 Å². The molecule has 0 aliphatic rings. The maximum absolute atomic E-state index is 14.6. The SMILES string of the molecule is CCN(CCNC(=O)c1ccc2c(Cl)cnc(-c3c(C)cc(F)cc3F)c2c1)CC(C)O. The van der Waals surface area contributed by atoms with Gasteiger partial charge in [0, 0.05) is 53.8 Å². The van der Waals surface area contributed by atoms with Gasteiger partial charge in [-0.2, -0.15) is 0 Å². The number of rotatable bonds is 8. The predicted octanol–water partition coefficient (Wildman–Crippen LogP) is 4.57. The van der Waals surface area contributed by atoms with E-state index in [4.69, 9.17) is 11.6 Å². The third-order valence-corrected chi connectivity index (χ3v) is 5.57. The van der Waals surface area contributed by atoms with Gasteiger partial charge >= 0.3 is 0 Å². The number of aryl methyl sites for hydroxylation is 1. The Labute approximate surface area is 191 Å². The summed E-state index contributed by atoms with van der Waals surface area (Å²) in [5.41, 5.74) is 1.23. The molecule has 1 heterocycles. The minimum atomic E-state index is -0.730. The first-order valence-electron chi connectivity index (χ1n) is 10.4. The topological polar surface area (TPSA) is 65.5 Å². The number of benzene rings is 2. The fourth-order valence-electron chi connectivity index (χ4n) is 3.73. The molecule has 3 rings (SSSR count). The van der Waals surface area contributed by atoms with Crippen LogP contribution in [0.15, 0.2) is 36.5 Å². The lowest BCUT2D eigenvalue weighted by Gasteiger charge is -2.21. The number of nitrogens with zero attached hydrogens (tertiary/aromatic N) is 2. The van der Waals surface area contributed by atoms with Gasteiger partial charge in [-0.1, -0.05) is 24.6 Å². The molecule has 2 N–H and O–H groups in total. The molecule has 170 valence electrons. The summed E-state index contributed by atoms with van der Waals surface area (Å²) in [6, 6.07) is 7.01. The monoisotopic (exact) mass is 461 g/mol. The first-order chi connectivity index (χ1) is 15.2. The van der Waals surface area contributed by atoms with Crippen molar-refractivity contribution in [3.63, 3.8) is 0 Å². The van der Waals surface area contributed by atoms with E-state index in [1.54, 1.807) is 32.0 Å². The molecule has 3 aromatic rings. The minimum Gasteiger partial charge on any atom is -0.392 e. The number of carbonyl (C=O) groups is 1. The van der Waals surface area contributed by atoms with E-state index in [2.05, 4.69) is 10.3 Å². The van der Waals surface area contributed by atoms with Crippen LogP contribution in [0, 0.1) is 18.6 Å². The van der Waals surface area contributed by atoms with Crippen molar-refractivity contribution >= 4 is 28.3 Å². The average Bonchev–Trinajstić information content (AvgIpc) is 2.73. The van der Waals surface area contributed by atoms with Crippen molar-refractivity contribution in [2.24, 2.45) is 0 Å². The van der Waals surface area contributed by atoms with Crippen LogP contribution in [0.3, 0.4) is 0 Å². The second kappa shape index (κ2) is 10.3. The van der Waals surface area contributed by atoms with Crippen molar-refractivity contribution in [3.8, 4) is 11.3 Å². The summed E-state index contributed by atoms with van der Waals surface area (Å²) in [5, 5.41) is 13.9. The van der Waals surface area contributed by atoms with Crippen molar-refractivity contribution in [2.45, 2.75) is 26.9 Å². The Kier molecular flexibility index (Phi) is 7.77. The fourth-order valence-corrected chi connectivity index (χ4v) is 3.95. The molecule has 8 heteroatoms. The van der Waals surface area contributed by atoms with Gasteiger partial charge in [0.1, 0.15) is 11.6 Å². The molecule has 0 bridgehead atoms. The van der Waals surface area contributed by atoms with Crippen LogP contribution in [0.2, 0.25) is 5.02 Å². The normalized spacial score (nSPS) is 12.4. The maximum atomic E-state index is 14.6. The number of hydrogen-bond acceptors (Lipinski definition) is 4. The molecule has 2 aromatic carbocycles. The zero-order valence-electron chi connectivity index (χ0n) is 18.3. The quantitative estimate of drug-likeness (QED) is 0.515. The van der Waals surface area contributed by atoms with Crippen molar-refractivity contribution < 1.29 is 18.7 Å². The minimum absolute atomic E-state index is 0.169. The van der Waals surface area contributed by atoms with Gasteiger partial charge in [-0.15, -0.1) is 0 Å². The van der Waals surface area contributed by atoms with Crippen LogP contribution in [0.25, 0.3) is 22.0 Å². The van der Waals surface area contributed by atoms with Gasteiger partial charge in [-0.3, -0.25) is 14.7 Å². The highest BCUT2D eigenvalue weighted by Gasteiger charge is 2.18. The summed E-state index contributed by atoms with van der Waals surface area (Å²) in [7, 11) is 0. The summed E-state index contributed by atoms with van der Waals surface area (Å²) < 4.78 is 28.2. The number of aliphatic hydroxyl groups excluding tert-OH is 1. The van der Waals surface area contributed by atoms with E-state index >= 15 is 0 Å². The third-order valence-electron chi connectivity index (χ3n) is 5.27. The second-order valence-electron chi connectivity index (χ2n) is 7.79. The van der Waals surface area contributed by atoms with Crippen molar-refractivity contribution in [2.75, 3.05) is 26.2 Å². The Morgan fingerprint density at radius 2 is 2.00 bits per heavy atom. The molecule has 1 unspecified atom stereocenters. The first kappa shape index (κ1) is 24.0. The van der Waals surface area contributed by atoms with Crippen molar-refractivity contribution in [1.29, 1.82) is 0 Å². The molecule has 0 aliphatic carbocycles. The Bertz CT molecular complexity index is 1110. The molecule has 1 atom stereocenters. The van der Waals surface area contributed by atoms with Crippen LogP contribution in [0.5, 0.6) is 0 Å². The molecule has 0 saturated carbocycles. The van der Waals surface area contributed by atoms with Crippen LogP contribution in [0.1, 0.15) is 29.8 Å². The lowest BCUT2D eigenvalue weighted by atomic mass is 9.98. The Hall–Kier alpha value is -2.61. The zero-order chi connectivity index (χ0) is 23.4. The highest BCUT2D eigenvalue weighted by molar-refractivity contribution is 6.35. The van der Waals surface area contributed by atoms with Gasteiger partial charge in [0.25, 0.3) is 5.91 Å².